The average Bonchev–Trinajstić information content (AvgIpc) is 2.71. The molecule has 0 bridgehead atoms. The maximum atomic E-state index is 10.9. The zero-order valence-electron chi connectivity index (χ0n) is 15.8. The molecule has 0 aromatic heterocycles. The van der Waals surface area contributed by atoms with Gasteiger partial charge < -0.3 is 36.0 Å². The van der Waals surface area contributed by atoms with E-state index in [-0.39, 0.29) is 12.1 Å². The summed E-state index contributed by atoms with van der Waals surface area (Å²) in [7, 11) is 0. The Balaban J connectivity index is 1.90. The Labute approximate surface area is 186 Å². The van der Waals surface area contributed by atoms with Crippen LogP contribution in [0.15, 0.2) is 21.1 Å². The lowest BCUT2D eigenvalue weighted by atomic mass is 9.89. The van der Waals surface area contributed by atoms with E-state index in [2.05, 4.69) is 37.2 Å². The van der Waals surface area contributed by atoms with Gasteiger partial charge in [0.2, 0.25) is 0 Å². The molecule has 10 heteroatoms. The van der Waals surface area contributed by atoms with Crippen LogP contribution >= 0.6 is 31.9 Å². The zero-order chi connectivity index (χ0) is 21.3. The van der Waals surface area contributed by atoms with Crippen molar-refractivity contribution in [3.63, 3.8) is 0 Å². The van der Waals surface area contributed by atoms with Crippen molar-refractivity contribution in [3.8, 4) is 0 Å². The fourth-order valence-corrected chi connectivity index (χ4v) is 5.62. The molecule has 8 nitrogen and oxygen atoms in total. The van der Waals surface area contributed by atoms with E-state index in [0.717, 1.165) is 33.0 Å². The highest BCUT2D eigenvalue weighted by atomic mass is 79.9. The van der Waals surface area contributed by atoms with E-state index in [9.17, 15) is 25.5 Å². The third-order valence-corrected chi connectivity index (χ3v) is 6.96. The lowest BCUT2D eigenvalue weighted by molar-refractivity contribution is -0.134. The van der Waals surface area contributed by atoms with Crippen molar-refractivity contribution >= 4 is 37.5 Å². The van der Waals surface area contributed by atoms with Crippen molar-refractivity contribution < 1.29 is 30.6 Å². The number of aliphatic hydroxyl groups excluding tert-OH is 6. The molecule has 164 valence electrons. The first-order valence-electron chi connectivity index (χ1n) is 9.74. The molecule has 1 aliphatic heterocycles. The highest BCUT2D eigenvalue weighted by Crippen LogP contribution is 2.39. The van der Waals surface area contributed by atoms with Crippen LogP contribution in [0.4, 0.5) is 5.69 Å². The molecule has 1 aromatic carbocycles. The van der Waals surface area contributed by atoms with Crippen LogP contribution in [0.25, 0.3) is 0 Å². The van der Waals surface area contributed by atoms with E-state index in [0.29, 0.717) is 19.4 Å². The van der Waals surface area contributed by atoms with Gasteiger partial charge in [0, 0.05) is 21.5 Å². The highest BCUT2D eigenvalue weighted by molar-refractivity contribution is 9.11. The van der Waals surface area contributed by atoms with Crippen molar-refractivity contribution in [2.45, 2.75) is 75.0 Å². The van der Waals surface area contributed by atoms with Crippen molar-refractivity contribution in [3.05, 3.63) is 26.6 Å². The lowest BCUT2D eigenvalue weighted by Crippen LogP contribution is -2.61. The largest absolute Gasteiger partial charge is 0.394 e. The number of rotatable bonds is 6. The maximum absolute atomic E-state index is 10.9. The third-order valence-electron chi connectivity index (χ3n) is 5.88. The van der Waals surface area contributed by atoms with Crippen LogP contribution < -0.4 is 5.32 Å². The fraction of sp³-hybridized carbons (Fsp3) is 0.684. The first-order valence-corrected chi connectivity index (χ1v) is 11.3. The average molecular weight is 540 g/mol. The second-order valence-electron chi connectivity index (χ2n) is 7.87. The van der Waals surface area contributed by atoms with Gasteiger partial charge in [0.1, 0.15) is 30.6 Å². The molecule has 0 saturated heterocycles. The maximum Gasteiger partial charge on any atom is 0.116 e. The van der Waals surface area contributed by atoms with Gasteiger partial charge in [-0.3, -0.25) is 4.90 Å². The number of hydrogen-bond donors (Lipinski definition) is 7. The third kappa shape index (κ3) is 5.13. The number of aliphatic hydroxyl groups is 6. The molecule has 1 fully saturated rings. The molecular weight excluding hydrogens is 512 g/mol. The Morgan fingerprint density at radius 1 is 1.03 bits per heavy atom. The summed E-state index contributed by atoms with van der Waals surface area (Å²) in [6, 6.07) is 3.94. The smallest absolute Gasteiger partial charge is 0.116 e. The summed E-state index contributed by atoms with van der Waals surface area (Å²) in [4.78, 5) is 2.04. The minimum Gasteiger partial charge on any atom is -0.394 e. The normalized spacial score (nSPS) is 29.4. The predicted molar refractivity (Wildman–Crippen MR) is 114 cm³/mol. The number of halogens is 2. The second-order valence-corrected chi connectivity index (χ2v) is 9.64. The molecule has 1 aromatic rings. The Kier molecular flexibility index (Phi) is 7.96. The summed E-state index contributed by atoms with van der Waals surface area (Å²) in [5.41, 5.74) is 1.79. The summed E-state index contributed by atoms with van der Waals surface area (Å²) in [5.74, 6) is 0. The van der Waals surface area contributed by atoms with E-state index in [1.165, 1.54) is 0 Å². The van der Waals surface area contributed by atoms with Crippen molar-refractivity contribution in [2.75, 3.05) is 11.9 Å². The van der Waals surface area contributed by atoms with Crippen LogP contribution in [0.3, 0.4) is 0 Å². The van der Waals surface area contributed by atoms with Crippen LogP contribution in [0.2, 0.25) is 0 Å². The molecular formula is C19H28Br2N2O6. The van der Waals surface area contributed by atoms with Gasteiger partial charge in [-0.15, -0.1) is 0 Å². The summed E-state index contributed by atoms with van der Waals surface area (Å²) >= 11 is 7.02. The van der Waals surface area contributed by atoms with Crippen LogP contribution in [0.1, 0.15) is 31.2 Å². The van der Waals surface area contributed by atoms with Gasteiger partial charge in [-0.2, -0.15) is 0 Å². The Morgan fingerprint density at radius 3 is 2.31 bits per heavy atom. The number of hydrogen-bond acceptors (Lipinski definition) is 8. The van der Waals surface area contributed by atoms with Gasteiger partial charge in [0.15, 0.2) is 0 Å². The molecule has 5 unspecified atom stereocenters. The number of anilines is 1. The summed E-state index contributed by atoms with van der Waals surface area (Å²) in [6.07, 6.45) is -4.59. The monoisotopic (exact) mass is 538 g/mol. The standard InChI is InChI=1S/C19H28Br2N2O6/c20-10-5-9-7-23(11-1-3-12(25)4-2-11)19(22-15(9)13(21)6-10)18(29)17(28)16(27)14(26)8-24/h5-6,11-12,14,16-19,22,24-29H,1-4,7-8H2. The van der Waals surface area contributed by atoms with Crippen molar-refractivity contribution in [1.82, 2.24) is 4.90 Å². The molecule has 0 radical (unpaired) electrons. The van der Waals surface area contributed by atoms with E-state index in [4.69, 9.17) is 5.11 Å². The number of fused-ring (bicyclic) bond motifs is 1. The zero-order valence-corrected chi connectivity index (χ0v) is 19.0. The molecule has 1 saturated carbocycles. The molecule has 1 aliphatic carbocycles. The quantitative estimate of drug-likeness (QED) is 0.278. The summed E-state index contributed by atoms with van der Waals surface area (Å²) in [6.45, 7) is -0.218. The van der Waals surface area contributed by atoms with Gasteiger partial charge >= 0.3 is 0 Å². The fourth-order valence-electron chi connectivity index (χ4n) is 4.19. The van der Waals surface area contributed by atoms with Crippen molar-refractivity contribution in [2.24, 2.45) is 0 Å². The van der Waals surface area contributed by atoms with Crippen LogP contribution in [-0.2, 0) is 6.54 Å². The molecule has 0 spiro atoms. The minimum atomic E-state index is -1.69. The van der Waals surface area contributed by atoms with E-state index in [1.54, 1.807) is 0 Å². The van der Waals surface area contributed by atoms with Crippen LogP contribution in [0.5, 0.6) is 0 Å². The summed E-state index contributed by atoms with van der Waals surface area (Å²) in [5, 5.41) is 63.3. The first-order chi connectivity index (χ1) is 13.7. The Bertz CT molecular complexity index is 704. The first kappa shape index (κ1) is 23.4. The Morgan fingerprint density at radius 2 is 1.69 bits per heavy atom. The second kappa shape index (κ2) is 9.88. The van der Waals surface area contributed by atoms with E-state index >= 15 is 0 Å². The van der Waals surface area contributed by atoms with E-state index in [1.807, 2.05) is 17.0 Å². The molecule has 7 N–H and O–H groups in total. The molecule has 29 heavy (non-hydrogen) atoms. The van der Waals surface area contributed by atoms with Gasteiger partial charge in [0.05, 0.1) is 18.4 Å². The van der Waals surface area contributed by atoms with Gasteiger partial charge in [-0.1, -0.05) is 15.9 Å². The molecule has 5 atom stereocenters. The number of benzene rings is 1. The molecule has 0 amide bonds. The molecule has 2 aliphatic rings. The number of nitrogens with one attached hydrogen (secondary N) is 1. The predicted octanol–water partition coefficient (Wildman–Crippen LogP) is 0.505. The van der Waals surface area contributed by atoms with Gasteiger partial charge in [-0.25, -0.2) is 0 Å². The Hall–Kier alpha value is -0.300. The van der Waals surface area contributed by atoms with Crippen LogP contribution in [0, 0.1) is 0 Å². The topological polar surface area (TPSA) is 137 Å². The van der Waals surface area contributed by atoms with Crippen LogP contribution in [-0.4, -0.2) is 84.9 Å². The van der Waals surface area contributed by atoms with E-state index < -0.39 is 37.2 Å². The highest BCUT2D eigenvalue weighted by Gasteiger charge is 2.42. The summed E-state index contributed by atoms with van der Waals surface area (Å²) < 4.78 is 1.70. The minimum absolute atomic E-state index is 0.0727. The molecule has 3 rings (SSSR count). The SMILES string of the molecule is OCC(O)C(O)C(O)C(O)C1Nc2c(Br)cc(Br)cc2CN1C1CCC(O)CC1. The van der Waals surface area contributed by atoms with Gasteiger partial charge in [0.25, 0.3) is 0 Å². The molecule has 1 heterocycles. The van der Waals surface area contributed by atoms with Crippen molar-refractivity contribution in [1.29, 1.82) is 0 Å². The lowest BCUT2D eigenvalue weighted by Gasteiger charge is -2.47. The van der Waals surface area contributed by atoms with Gasteiger partial charge in [-0.05, 0) is 59.3 Å². The number of nitrogens with zero attached hydrogens (tertiary/aromatic N) is 1.